The summed E-state index contributed by atoms with van der Waals surface area (Å²) >= 11 is 0. The van der Waals surface area contributed by atoms with Gasteiger partial charge in [0, 0.05) is 17.0 Å². The van der Waals surface area contributed by atoms with Gasteiger partial charge < -0.3 is 20.4 Å². The second-order valence-electron chi connectivity index (χ2n) is 7.80. The Hall–Kier alpha value is -3.54. The Bertz CT molecular complexity index is 1060. The number of benzene rings is 2. The number of hydrogen-bond acceptors (Lipinski definition) is 4. The maximum atomic E-state index is 12.0. The van der Waals surface area contributed by atoms with E-state index in [9.17, 15) is 24.9 Å². The number of phenols is 2. The lowest BCUT2D eigenvalue weighted by molar-refractivity contribution is 0.0684. The molecule has 30 heavy (non-hydrogen) atoms. The fourth-order valence-electron chi connectivity index (χ4n) is 4.14. The van der Waals surface area contributed by atoms with E-state index in [2.05, 4.69) is 6.58 Å². The Labute approximate surface area is 174 Å². The van der Waals surface area contributed by atoms with E-state index in [-0.39, 0.29) is 33.9 Å². The molecule has 3 rings (SSSR count). The van der Waals surface area contributed by atoms with Crippen LogP contribution >= 0.6 is 0 Å². The molecule has 0 spiro atoms. The third-order valence-electron chi connectivity index (χ3n) is 5.69. The summed E-state index contributed by atoms with van der Waals surface area (Å²) in [6.45, 7) is 7.88. The molecule has 0 amide bonds. The summed E-state index contributed by atoms with van der Waals surface area (Å²) in [5.41, 5.74) is 2.37. The third-order valence-corrected chi connectivity index (χ3v) is 5.69. The van der Waals surface area contributed by atoms with Crippen molar-refractivity contribution in [3.05, 3.63) is 70.8 Å². The molecule has 1 aliphatic carbocycles. The first-order chi connectivity index (χ1) is 14.1. The van der Waals surface area contributed by atoms with Crippen molar-refractivity contribution in [3.63, 3.8) is 0 Å². The number of carbonyl (C=O) groups is 2. The van der Waals surface area contributed by atoms with Gasteiger partial charge in [0.1, 0.15) is 17.1 Å². The minimum absolute atomic E-state index is 0.0344. The number of allylic oxidation sites excluding steroid dienone is 3. The molecule has 6 heteroatoms. The summed E-state index contributed by atoms with van der Waals surface area (Å²) in [6.07, 6.45) is 3.61. The van der Waals surface area contributed by atoms with Crippen LogP contribution in [0.5, 0.6) is 11.5 Å². The Morgan fingerprint density at radius 1 is 1.07 bits per heavy atom. The van der Waals surface area contributed by atoms with Gasteiger partial charge in [-0.2, -0.15) is 0 Å². The maximum absolute atomic E-state index is 12.0. The van der Waals surface area contributed by atoms with Crippen molar-refractivity contribution in [3.8, 4) is 22.6 Å². The van der Waals surface area contributed by atoms with E-state index < -0.39 is 23.6 Å². The Kier molecular flexibility index (Phi) is 5.69. The Morgan fingerprint density at radius 2 is 1.70 bits per heavy atom. The highest BCUT2D eigenvalue weighted by Gasteiger charge is 2.33. The lowest BCUT2D eigenvalue weighted by atomic mass is 9.73. The van der Waals surface area contributed by atoms with Crippen LogP contribution in [0, 0.1) is 5.92 Å². The molecule has 0 fully saturated rings. The monoisotopic (exact) mass is 408 g/mol. The highest BCUT2D eigenvalue weighted by Crippen LogP contribution is 2.49. The second kappa shape index (κ2) is 8.06. The molecule has 0 heterocycles. The summed E-state index contributed by atoms with van der Waals surface area (Å²) < 4.78 is 0. The van der Waals surface area contributed by atoms with E-state index in [1.807, 2.05) is 19.9 Å². The third kappa shape index (κ3) is 3.81. The van der Waals surface area contributed by atoms with Crippen molar-refractivity contribution >= 4 is 11.9 Å². The average Bonchev–Trinajstić information content (AvgIpc) is 2.67. The minimum Gasteiger partial charge on any atom is -0.507 e. The van der Waals surface area contributed by atoms with Gasteiger partial charge in [0.25, 0.3) is 0 Å². The zero-order valence-electron chi connectivity index (χ0n) is 16.8. The Morgan fingerprint density at radius 3 is 2.23 bits per heavy atom. The minimum atomic E-state index is -1.34. The predicted molar refractivity (Wildman–Crippen MR) is 113 cm³/mol. The molecule has 0 saturated carbocycles. The number of carboxylic acids is 2. The van der Waals surface area contributed by atoms with E-state index >= 15 is 0 Å². The molecular weight excluding hydrogens is 384 g/mol. The van der Waals surface area contributed by atoms with Gasteiger partial charge in [-0.3, -0.25) is 0 Å². The topological polar surface area (TPSA) is 115 Å². The number of aromatic hydroxyl groups is 2. The normalized spacial score (nSPS) is 18.5. The first kappa shape index (κ1) is 21.2. The number of aromatic carboxylic acids is 2. The molecule has 2 aromatic rings. The molecule has 2 aromatic carbocycles. The summed E-state index contributed by atoms with van der Waals surface area (Å²) in [5, 5.41) is 40.7. The smallest absolute Gasteiger partial charge is 0.340 e. The fourth-order valence-corrected chi connectivity index (χ4v) is 4.14. The Balaban J connectivity index is 2.22. The van der Waals surface area contributed by atoms with Crippen LogP contribution in [0.1, 0.15) is 58.9 Å². The highest BCUT2D eigenvalue weighted by molar-refractivity contribution is 6.00. The number of carboxylic acid groups (broad SMARTS) is 2. The van der Waals surface area contributed by atoms with Crippen LogP contribution in [-0.2, 0) is 0 Å². The molecule has 6 nitrogen and oxygen atoms in total. The molecule has 4 N–H and O–H groups in total. The van der Waals surface area contributed by atoms with Crippen LogP contribution in [0.4, 0.5) is 0 Å². The van der Waals surface area contributed by atoms with Gasteiger partial charge in [0.2, 0.25) is 0 Å². The summed E-state index contributed by atoms with van der Waals surface area (Å²) in [4.78, 5) is 23.1. The van der Waals surface area contributed by atoms with Crippen LogP contribution in [0.2, 0.25) is 0 Å². The molecule has 0 aromatic heterocycles. The van der Waals surface area contributed by atoms with Crippen molar-refractivity contribution in [1.29, 1.82) is 0 Å². The van der Waals surface area contributed by atoms with Gasteiger partial charge in [0.15, 0.2) is 0 Å². The average molecular weight is 408 g/mol. The molecule has 2 atom stereocenters. The van der Waals surface area contributed by atoms with Gasteiger partial charge in [-0.1, -0.05) is 35.9 Å². The van der Waals surface area contributed by atoms with E-state index in [0.717, 1.165) is 24.0 Å². The van der Waals surface area contributed by atoms with Crippen LogP contribution in [-0.4, -0.2) is 32.4 Å². The van der Waals surface area contributed by atoms with Crippen molar-refractivity contribution in [2.75, 3.05) is 0 Å². The SMILES string of the molecule is C=C(C)[C@@H]1CCC(C)=C[C@H]1c1c(O)cc(-c2ccc(C(=O)O)cc2)c(C(=O)O)c1O. The van der Waals surface area contributed by atoms with E-state index in [0.29, 0.717) is 5.56 Å². The zero-order valence-corrected chi connectivity index (χ0v) is 16.8. The molecule has 0 aliphatic heterocycles. The van der Waals surface area contributed by atoms with Crippen molar-refractivity contribution in [2.45, 2.75) is 32.6 Å². The predicted octanol–water partition coefficient (Wildman–Crippen LogP) is 5.18. The number of rotatable bonds is 5. The van der Waals surface area contributed by atoms with Gasteiger partial charge in [0.05, 0.1) is 5.56 Å². The summed E-state index contributed by atoms with van der Waals surface area (Å²) in [5.74, 6) is -3.56. The van der Waals surface area contributed by atoms with Crippen LogP contribution < -0.4 is 0 Å². The summed E-state index contributed by atoms with van der Waals surface area (Å²) in [7, 11) is 0. The first-order valence-electron chi connectivity index (χ1n) is 9.60. The lowest BCUT2D eigenvalue weighted by Gasteiger charge is -2.32. The van der Waals surface area contributed by atoms with Crippen LogP contribution in [0.3, 0.4) is 0 Å². The molecule has 156 valence electrons. The molecule has 1 aliphatic rings. The molecule has 0 bridgehead atoms. The number of hydrogen-bond donors (Lipinski definition) is 4. The highest BCUT2D eigenvalue weighted by atomic mass is 16.4. The fraction of sp³-hybridized carbons (Fsp3) is 0.250. The molecule has 0 unspecified atom stereocenters. The van der Waals surface area contributed by atoms with Gasteiger partial charge >= 0.3 is 11.9 Å². The van der Waals surface area contributed by atoms with E-state index in [4.69, 9.17) is 5.11 Å². The lowest BCUT2D eigenvalue weighted by Crippen LogP contribution is -2.18. The summed E-state index contributed by atoms with van der Waals surface area (Å²) in [6, 6.07) is 6.91. The molecule has 0 radical (unpaired) electrons. The number of phenolic OH excluding ortho intramolecular Hbond substituents is 1. The van der Waals surface area contributed by atoms with Crippen LogP contribution in [0.15, 0.2) is 54.1 Å². The zero-order chi connectivity index (χ0) is 22.2. The second-order valence-corrected chi connectivity index (χ2v) is 7.80. The van der Waals surface area contributed by atoms with Crippen molar-refractivity contribution < 1.29 is 30.0 Å². The molecular formula is C24H24O6. The van der Waals surface area contributed by atoms with Crippen molar-refractivity contribution in [1.82, 2.24) is 0 Å². The van der Waals surface area contributed by atoms with Crippen molar-refractivity contribution in [2.24, 2.45) is 5.92 Å². The van der Waals surface area contributed by atoms with Gasteiger partial charge in [-0.15, -0.1) is 0 Å². The largest absolute Gasteiger partial charge is 0.507 e. The van der Waals surface area contributed by atoms with E-state index in [1.165, 1.54) is 30.3 Å². The maximum Gasteiger partial charge on any atom is 0.340 e. The van der Waals surface area contributed by atoms with Gasteiger partial charge in [-0.25, -0.2) is 9.59 Å². The van der Waals surface area contributed by atoms with Crippen LogP contribution in [0.25, 0.3) is 11.1 Å². The van der Waals surface area contributed by atoms with E-state index in [1.54, 1.807) is 0 Å². The van der Waals surface area contributed by atoms with Gasteiger partial charge in [-0.05, 0) is 56.4 Å². The quantitative estimate of drug-likeness (QED) is 0.507. The molecule has 0 saturated heterocycles. The first-order valence-corrected chi connectivity index (χ1v) is 9.60. The standard InChI is InChI=1S/C24H24O6/c1-12(2)16-9-4-13(3)10-18(16)20-19(25)11-17(21(22(20)26)24(29)30)14-5-7-15(8-6-14)23(27)28/h5-8,10-11,16,18,25-26H,1,4,9H2,2-3H3,(H,27,28)(H,29,30)/t16-,18+/m0/s1.